The second-order valence-electron chi connectivity index (χ2n) is 6.85. The van der Waals surface area contributed by atoms with Crippen molar-refractivity contribution in [2.45, 2.75) is 13.8 Å². The number of nitrogens with zero attached hydrogens (tertiary/aromatic N) is 2. The Kier molecular flexibility index (Phi) is 5.34. The van der Waals surface area contributed by atoms with E-state index in [1.807, 2.05) is 55.5 Å². The molecule has 2 aliphatic rings. The van der Waals surface area contributed by atoms with E-state index in [1.165, 1.54) is 5.06 Å². The standard InChI is InChI=1S/C23H21N3O4/c1-15-5-3-4-6-20(15)29-12-11-28-18-9-7-17(8-10-18)14-19-22(24)26-21(25-23(19)27)13-16(2)30-26/h3-10,13-14,24H,11-12H2,1-2H3/b19-14-,24-22?. The van der Waals surface area contributed by atoms with Gasteiger partial charge >= 0.3 is 0 Å². The largest absolute Gasteiger partial charge is 0.490 e. The van der Waals surface area contributed by atoms with Gasteiger partial charge in [-0.2, -0.15) is 4.99 Å². The fourth-order valence-electron chi connectivity index (χ4n) is 3.06. The Hall–Kier alpha value is -3.87. The third-order valence-electron chi connectivity index (χ3n) is 4.57. The number of ether oxygens (including phenoxy) is 2. The smallest absolute Gasteiger partial charge is 0.282 e. The molecular weight excluding hydrogens is 382 g/mol. The zero-order valence-electron chi connectivity index (χ0n) is 16.7. The first kappa shape index (κ1) is 19.4. The maximum Gasteiger partial charge on any atom is 0.282 e. The highest BCUT2D eigenvalue weighted by atomic mass is 16.7. The Morgan fingerprint density at radius 3 is 2.57 bits per heavy atom. The number of benzene rings is 2. The molecule has 0 radical (unpaired) electrons. The molecule has 0 aromatic heterocycles. The van der Waals surface area contributed by atoms with Crippen molar-refractivity contribution in [3.8, 4) is 11.5 Å². The molecule has 4 rings (SSSR count). The van der Waals surface area contributed by atoms with Crippen molar-refractivity contribution in [1.29, 1.82) is 5.41 Å². The summed E-state index contributed by atoms with van der Waals surface area (Å²) in [5, 5.41) is 9.49. The number of para-hydroxylation sites is 1. The molecule has 7 heteroatoms. The predicted molar refractivity (Wildman–Crippen MR) is 113 cm³/mol. The number of hydroxylamine groups is 2. The highest BCUT2D eigenvalue weighted by Crippen LogP contribution is 2.24. The number of aliphatic imine (C=N–C) groups is 1. The zero-order valence-corrected chi connectivity index (χ0v) is 16.7. The third kappa shape index (κ3) is 4.10. The molecule has 30 heavy (non-hydrogen) atoms. The van der Waals surface area contributed by atoms with Gasteiger partial charge in [0.1, 0.15) is 30.5 Å². The van der Waals surface area contributed by atoms with Gasteiger partial charge < -0.3 is 14.3 Å². The lowest BCUT2D eigenvalue weighted by Crippen LogP contribution is -2.38. The number of rotatable bonds is 6. The van der Waals surface area contributed by atoms with Crippen LogP contribution in [0.4, 0.5) is 0 Å². The zero-order chi connectivity index (χ0) is 21.1. The average Bonchev–Trinajstić information content (AvgIpc) is 3.11. The number of hydrogen-bond donors (Lipinski definition) is 1. The van der Waals surface area contributed by atoms with Crippen molar-refractivity contribution in [2.24, 2.45) is 4.99 Å². The highest BCUT2D eigenvalue weighted by molar-refractivity contribution is 6.32. The predicted octanol–water partition coefficient (Wildman–Crippen LogP) is 3.90. The number of nitrogens with one attached hydrogen (secondary N) is 1. The molecule has 152 valence electrons. The number of aryl methyl sites for hydroxylation is 1. The normalized spacial score (nSPS) is 16.7. The quantitative estimate of drug-likeness (QED) is 0.584. The fraction of sp³-hybridized carbons (Fsp3) is 0.174. The molecule has 0 aliphatic carbocycles. The second-order valence-corrected chi connectivity index (χ2v) is 6.85. The van der Waals surface area contributed by atoms with Crippen LogP contribution in [0.2, 0.25) is 0 Å². The van der Waals surface area contributed by atoms with Gasteiger partial charge in [-0.1, -0.05) is 30.3 Å². The topological polar surface area (TPSA) is 84.2 Å². The molecule has 0 saturated heterocycles. The van der Waals surface area contributed by atoms with Crippen LogP contribution in [0.15, 0.2) is 70.9 Å². The molecule has 1 amide bonds. The van der Waals surface area contributed by atoms with Crippen LogP contribution in [-0.4, -0.2) is 35.9 Å². The third-order valence-corrected chi connectivity index (χ3v) is 4.57. The number of allylic oxidation sites excluding steroid dienone is 1. The van der Waals surface area contributed by atoms with E-state index in [-0.39, 0.29) is 11.4 Å². The summed E-state index contributed by atoms with van der Waals surface area (Å²) in [6, 6.07) is 15.1. The summed E-state index contributed by atoms with van der Waals surface area (Å²) in [5.74, 6) is 1.96. The summed E-state index contributed by atoms with van der Waals surface area (Å²) in [6.45, 7) is 4.59. The Balaban J connectivity index is 1.35. The fourth-order valence-corrected chi connectivity index (χ4v) is 3.06. The van der Waals surface area contributed by atoms with E-state index in [1.54, 1.807) is 19.1 Å². The van der Waals surface area contributed by atoms with Gasteiger partial charge in [-0.3, -0.25) is 10.2 Å². The van der Waals surface area contributed by atoms with E-state index >= 15 is 0 Å². The summed E-state index contributed by atoms with van der Waals surface area (Å²) >= 11 is 0. The SMILES string of the molecule is CC1=CC2=NC(=O)/C(=C\c3ccc(OCCOc4ccccc4C)cc3)C(=N)N2O1. The maximum atomic E-state index is 12.3. The molecule has 0 fully saturated rings. The molecule has 1 N–H and O–H groups in total. The minimum absolute atomic E-state index is 0.0354. The number of amidine groups is 2. The maximum absolute atomic E-state index is 12.3. The van der Waals surface area contributed by atoms with Crippen molar-refractivity contribution >= 4 is 23.7 Å². The minimum atomic E-state index is -0.463. The van der Waals surface area contributed by atoms with E-state index < -0.39 is 5.91 Å². The first-order valence-electron chi connectivity index (χ1n) is 9.52. The van der Waals surface area contributed by atoms with Crippen LogP contribution in [0.1, 0.15) is 18.1 Å². The molecule has 0 atom stereocenters. The van der Waals surface area contributed by atoms with Crippen molar-refractivity contribution in [1.82, 2.24) is 5.06 Å². The van der Waals surface area contributed by atoms with Crippen LogP contribution >= 0.6 is 0 Å². The van der Waals surface area contributed by atoms with E-state index in [9.17, 15) is 4.79 Å². The number of hydrogen-bond acceptors (Lipinski definition) is 5. The molecule has 2 heterocycles. The van der Waals surface area contributed by atoms with Gasteiger partial charge in [0, 0.05) is 6.08 Å². The molecule has 2 aromatic rings. The van der Waals surface area contributed by atoms with Gasteiger partial charge in [0.15, 0.2) is 11.7 Å². The van der Waals surface area contributed by atoms with Crippen LogP contribution in [0.3, 0.4) is 0 Å². The van der Waals surface area contributed by atoms with Crippen LogP contribution in [0.5, 0.6) is 11.5 Å². The van der Waals surface area contributed by atoms with Crippen molar-refractivity contribution in [2.75, 3.05) is 13.2 Å². The van der Waals surface area contributed by atoms with Gasteiger partial charge in [0.05, 0.1) is 5.57 Å². The Labute approximate surface area is 174 Å². The Morgan fingerprint density at radius 1 is 1.07 bits per heavy atom. The van der Waals surface area contributed by atoms with E-state index in [2.05, 4.69) is 4.99 Å². The number of carbonyl (C=O) groups excluding carboxylic acids is 1. The summed E-state index contributed by atoms with van der Waals surface area (Å²) in [7, 11) is 0. The van der Waals surface area contributed by atoms with Crippen LogP contribution in [0, 0.1) is 12.3 Å². The molecule has 7 nitrogen and oxygen atoms in total. The van der Waals surface area contributed by atoms with Crippen LogP contribution in [0.25, 0.3) is 6.08 Å². The molecule has 0 saturated carbocycles. The van der Waals surface area contributed by atoms with Gasteiger partial charge in [0.2, 0.25) is 0 Å². The number of carbonyl (C=O) groups is 1. The Bertz CT molecular complexity index is 1080. The highest BCUT2D eigenvalue weighted by Gasteiger charge is 2.34. The van der Waals surface area contributed by atoms with Gasteiger partial charge in [-0.25, -0.2) is 0 Å². The Morgan fingerprint density at radius 2 is 1.80 bits per heavy atom. The van der Waals surface area contributed by atoms with Crippen LogP contribution in [-0.2, 0) is 9.63 Å². The number of amides is 1. The monoisotopic (exact) mass is 403 g/mol. The molecule has 0 bridgehead atoms. The summed E-state index contributed by atoms with van der Waals surface area (Å²) in [4.78, 5) is 21.7. The lowest BCUT2D eigenvalue weighted by molar-refractivity contribution is -0.114. The second kappa shape index (κ2) is 8.24. The minimum Gasteiger partial charge on any atom is -0.490 e. The van der Waals surface area contributed by atoms with Gasteiger partial charge in [-0.05, 0) is 49.2 Å². The first-order valence-corrected chi connectivity index (χ1v) is 9.52. The summed E-state index contributed by atoms with van der Waals surface area (Å²) < 4.78 is 11.4. The summed E-state index contributed by atoms with van der Waals surface area (Å²) in [6.07, 6.45) is 3.24. The molecule has 2 aromatic carbocycles. The lowest BCUT2D eigenvalue weighted by atomic mass is 10.1. The molecule has 2 aliphatic heterocycles. The molecule has 0 spiro atoms. The van der Waals surface area contributed by atoms with Crippen molar-refractivity contribution < 1.29 is 19.1 Å². The van der Waals surface area contributed by atoms with E-state index in [4.69, 9.17) is 19.7 Å². The summed E-state index contributed by atoms with van der Waals surface area (Å²) in [5.41, 5.74) is 2.01. The average molecular weight is 403 g/mol. The number of fused-ring (bicyclic) bond motifs is 1. The van der Waals surface area contributed by atoms with E-state index in [0.717, 1.165) is 16.9 Å². The molecular formula is C23H21N3O4. The van der Waals surface area contributed by atoms with Crippen molar-refractivity contribution in [3.05, 3.63) is 77.1 Å². The first-order chi connectivity index (χ1) is 14.5. The molecule has 0 unspecified atom stereocenters. The van der Waals surface area contributed by atoms with Crippen molar-refractivity contribution in [3.63, 3.8) is 0 Å². The van der Waals surface area contributed by atoms with Gasteiger partial charge in [0.25, 0.3) is 5.91 Å². The van der Waals surface area contributed by atoms with Crippen LogP contribution < -0.4 is 9.47 Å². The van der Waals surface area contributed by atoms with E-state index in [0.29, 0.717) is 30.6 Å². The lowest BCUT2D eigenvalue weighted by Gasteiger charge is -2.22. The van der Waals surface area contributed by atoms with Gasteiger partial charge in [-0.15, -0.1) is 5.06 Å².